The van der Waals surface area contributed by atoms with E-state index < -0.39 is 0 Å². The molecule has 0 radical (unpaired) electrons. The summed E-state index contributed by atoms with van der Waals surface area (Å²) in [5, 5.41) is 9.19. The molecule has 0 saturated heterocycles. The van der Waals surface area contributed by atoms with Crippen molar-refractivity contribution in [2.75, 3.05) is 11.6 Å². The summed E-state index contributed by atoms with van der Waals surface area (Å²) < 4.78 is 8.49. The van der Waals surface area contributed by atoms with Gasteiger partial charge >= 0.3 is 0 Å². The minimum absolute atomic E-state index is 0.318. The van der Waals surface area contributed by atoms with Crippen LogP contribution in [0.2, 0.25) is 10.0 Å². The molecule has 1 aromatic heterocycles. The Morgan fingerprint density at radius 1 is 1.03 bits per heavy atom. The number of rotatable bonds is 3. The standard InChI is InChI=1S/C25H18Cl2N4OS/c1-33-16-9-6-14(7-10-16)24-21-22(18-4-2-3-5-20(18)32-24)30-25-28-13-29-31(25)23(21)17-11-8-15(26)12-19(17)27/h2-13,23-24H,1H3,(H,28,29,30). The van der Waals surface area contributed by atoms with Crippen LogP contribution in [0.1, 0.15) is 28.8 Å². The molecule has 0 bridgehead atoms. The van der Waals surface area contributed by atoms with Crippen molar-refractivity contribution >= 4 is 46.6 Å². The van der Waals surface area contributed by atoms with Gasteiger partial charge in [-0.15, -0.1) is 11.8 Å². The molecule has 4 aromatic rings. The minimum atomic E-state index is -0.340. The lowest BCUT2D eigenvalue weighted by Gasteiger charge is -2.39. The number of aromatic nitrogens is 3. The van der Waals surface area contributed by atoms with Crippen LogP contribution in [0.5, 0.6) is 5.75 Å². The number of para-hydroxylation sites is 1. The maximum Gasteiger partial charge on any atom is 0.226 e. The third-order valence-corrected chi connectivity index (χ3v) is 7.30. The average Bonchev–Trinajstić information content (AvgIpc) is 3.31. The van der Waals surface area contributed by atoms with Gasteiger partial charge in [0.2, 0.25) is 5.95 Å². The maximum absolute atomic E-state index is 6.73. The fourth-order valence-corrected chi connectivity index (χ4v) is 5.41. The van der Waals surface area contributed by atoms with Crippen molar-refractivity contribution in [1.29, 1.82) is 0 Å². The fraction of sp³-hybridized carbons (Fsp3) is 0.120. The van der Waals surface area contributed by atoms with Gasteiger partial charge in [0.05, 0.1) is 5.70 Å². The summed E-state index contributed by atoms with van der Waals surface area (Å²) >= 11 is 14.7. The van der Waals surface area contributed by atoms with Crippen molar-refractivity contribution in [2.24, 2.45) is 0 Å². The molecule has 1 N–H and O–H groups in total. The molecule has 6 rings (SSSR count). The quantitative estimate of drug-likeness (QED) is 0.316. The van der Waals surface area contributed by atoms with Crippen molar-refractivity contribution in [3.05, 3.63) is 105 Å². The molecule has 2 aliphatic heterocycles. The molecule has 0 saturated carbocycles. The van der Waals surface area contributed by atoms with E-state index in [0.29, 0.717) is 16.0 Å². The van der Waals surface area contributed by atoms with E-state index >= 15 is 0 Å². The van der Waals surface area contributed by atoms with Crippen LogP contribution in [0.15, 0.2) is 83.5 Å². The molecule has 0 fully saturated rings. The van der Waals surface area contributed by atoms with Gasteiger partial charge in [-0.2, -0.15) is 10.1 Å². The smallest absolute Gasteiger partial charge is 0.226 e. The number of anilines is 1. The lowest BCUT2D eigenvalue weighted by atomic mass is 9.84. The second-order valence-electron chi connectivity index (χ2n) is 7.82. The number of nitrogens with zero attached hydrogens (tertiary/aromatic N) is 3. The topological polar surface area (TPSA) is 52.0 Å². The first kappa shape index (κ1) is 20.7. The molecule has 164 valence electrons. The van der Waals surface area contributed by atoms with E-state index in [1.54, 1.807) is 24.2 Å². The lowest BCUT2D eigenvalue weighted by Crippen LogP contribution is -2.32. The highest BCUT2D eigenvalue weighted by Gasteiger charge is 2.41. The van der Waals surface area contributed by atoms with Crippen LogP contribution in [0.4, 0.5) is 5.95 Å². The summed E-state index contributed by atoms with van der Waals surface area (Å²) in [5.41, 5.74) is 4.90. The van der Waals surface area contributed by atoms with Crippen LogP contribution in [-0.4, -0.2) is 21.0 Å². The van der Waals surface area contributed by atoms with E-state index in [9.17, 15) is 0 Å². The summed E-state index contributed by atoms with van der Waals surface area (Å²) in [5.74, 6) is 1.47. The van der Waals surface area contributed by atoms with Gasteiger partial charge in [-0.1, -0.05) is 53.5 Å². The van der Waals surface area contributed by atoms with Crippen molar-refractivity contribution in [3.63, 3.8) is 0 Å². The van der Waals surface area contributed by atoms with E-state index in [2.05, 4.69) is 52.0 Å². The Morgan fingerprint density at radius 2 is 1.85 bits per heavy atom. The zero-order chi connectivity index (χ0) is 22.5. The van der Waals surface area contributed by atoms with Crippen LogP contribution >= 0.6 is 35.0 Å². The Bertz CT molecular complexity index is 1400. The molecule has 33 heavy (non-hydrogen) atoms. The van der Waals surface area contributed by atoms with E-state index in [-0.39, 0.29) is 12.1 Å². The number of halogens is 2. The fourth-order valence-electron chi connectivity index (χ4n) is 4.49. The zero-order valence-electron chi connectivity index (χ0n) is 17.5. The Kier molecular flexibility index (Phi) is 5.09. The van der Waals surface area contributed by atoms with Crippen molar-refractivity contribution in [3.8, 4) is 5.75 Å². The first-order valence-electron chi connectivity index (χ1n) is 10.4. The third kappa shape index (κ3) is 3.41. The van der Waals surface area contributed by atoms with Gasteiger partial charge in [0.15, 0.2) is 0 Å². The van der Waals surface area contributed by atoms with Crippen molar-refractivity contribution in [1.82, 2.24) is 14.8 Å². The molecular formula is C25H18Cl2N4OS. The van der Waals surface area contributed by atoms with Gasteiger partial charge in [-0.25, -0.2) is 4.68 Å². The number of fused-ring (bicyclic) bond motifs is 3. The van der Waals surface area contributed by atoms with Gasteiger partial charge in [0.1, 0.15) is 24.2 Å². The summed E-state index contributed by atoms with van der Waals surface area (Å²) in [4.78, 5) is 5.65. The largest absolute Gasteiger partial charge is 0.480 e. The zero-order valence-corrected chi connectivity index (χ0v) is 19.8. The van der Waals surface area contributed by atoms with E-state index in [1.807, 2.05) is 35.0 Å². The molecule has 2 atom stereocenters. The van der Waals surface area contributed by atoms with Gasteiger partial charge in [0.25, 0.3) is 0 Å². The molecule has 5 nitrogen and oxygen atoms in total. The molecule has 2 aliphatic rings. The summed E-state index contributed by atoms with van der Waals surface area (Å²) in [6.45, 7) is 0. The summed E-state index contributed by atoms with van der Waals surface area (Å²) in [7, 11) is 0. The SMILES string of the molecule is CSc1ccc(C2Oc3ccccc3C3=C2C(c2ccc(Cl)cc2Cl)n2ncnc2N3)cc1. The normalized spacial score (nSPS) is 18.6. The molecule has 3 heterocycles. The molecule has 0 spiro atoms. The predicted molar refractivity (Wildman–Crippen MR) is 133 cm³/mol. The first-order valence-corrected chi connectivity index (χ1v) is 12.4. The highest BCUT2D eigenvalue weighted by atomic mass is 35.5. The number of thioether (sulfide) groups is 1. The highest BCUT2D eigenvalue weighted by molar-refractivity contribution is 7.98. The summed E-state index contributed by atoms with van der Waals surface area (Å²) in [6.07, 6.45) is 3.28. The highest BCUT2D eigenvalue weighted by Crippen LogP contribution is 2.51. The Morgan fingerprint density at radius 3 is 2.64 bits per heavy atom. The number of benzene rings is 3. The van der Waals surface area contributed by atoms with Gasteiger partial charge in [-0.3, -0.25) is 0 Å². The molecular weight excluding hydrogens is 475 g/mol. The van der Waals surface area contributed by atoms with E-state index in [4.69, 9.17) is 27.9 Å². The third-order valence-electron chi connectivity index (χ3n) is 6.00. The average molecular weight is 493 g/mol. The lowest BCUT2D eigenvalue weighted by molar-refractivity contribution is 0.223. The number of ether oxygens (including phenoxy) is 1. The van der Waals surface area contributed by atoms with E-state index in [1.165, 1.54) is 4.90 Å². The molecule has 8 heteroatoms. The second kappa shape index (κ2) is 8.13. The van der Waals surface area contributed by atoms with Crippen LogP contribution in [0, 0.1) is 0 Å². The molecule has 2 unspecified atom stereocenters. The van der Waals surface area contributed by atoms with E-state index in [0.717, 1.165) is 33.7 Å². The summed E-state index contributed by atoms with van der Waals surface area (Å²) in [6, 6.07) is 21.7. The van der Waals surface area contributed by atoms with Crippen molar-refractivity contribution < 1.29 is 4.74 Å². The Balaban J connectivity index is 1.62. The number of nitrogens with one attached hydrogen (secondary N) is 1. The first-order chi connectivity index (χ1) is 16.1. The second-order valence-corrected chi connectivity index (χ2v) is 9.54. The molecule has 0 amide bonds. The molecule has 0 aliphatic carbocycles. The van der Waals surface area contributed by atoms with Crippen LogP contribution in [0.25, 0.3) is 5.70 Å². The van der Waals surface area contributed by atoms with Crippen LogP contribution < -0.4 is 10.1 Å². The maximum atomic E-state index is 6.73. The van der Waals surface area contributed by atoms with Crippen molar-refractivity contribution in [2.45, 2.75) is 17.0 Å². The van der Waals surface area contributed by atoms with Gasteiger partial charge in [-0.05, 0) is 53.8 Å². The predicted octanol–water partition coefficient (Wildman–Crippen LogP) is 6.87. The van der Waals surface area contributed by atoms with Gasteiger partial charge in [0, 0.05) is 26.1 Å². The number of hydrogen-bond acceptors (Lipinski definition) is 5. The Labute approximate surface area is 205 Å². The Hall–Kier alpha value is -2.93. The van der Waals surface area contributed by atoms with Crippen LogP contribution in [-0.2, 0) is 0 Å². The minimum Gasteiger partial charge on any atom is -0.480 e. The molecule has 3 aromatic carbocycles. The number of hydrogen-bond donors (Lipinski definition) is 1. The van der Waals surface area contributed by atoms with Gasteiger partial charge < -0.3 is 10.1 Å². The van der Waals surface area contributed by atoms with Crippen LogP contribution in [0.3, 0.4) is 0 Å². The monoisotopic (exact) mass is 492 g/mol.